The van der Waals surface area contributed by atoms with E-state index in [0.29, 0.717) is 16.4 Å². The monoisotopic (exact) mass is 359 g/mol. The van der Waals surface area contributed by atoms with Gasteiger partial charge >= 0.3 is 0 Å². The van der Waals surface area contributed by atoms with E-state index in [1.54, 1.807) is 32.4 Å². The standard InChI is InChI=1S/C19H18ClNO4/c1-23-15-9-5-6-12-10-16(25-18(12)15)19(22)21-11-17(24-2)13-7-3-4-8-14(13)20/h3-10,17H,11H2,1-2H3,(H,21,22). The van der Waals surface area contributed by atoms with E-state index in [1.165, 1.54) is 0 Å². The maximum absolute atomic E-state index is 12.4. The molecule has 6 heteroatoms. The van der Waals surface area contributed by atoms with Crippen LogP contribution < -0.4 is 10.1 Å². The highest BCUT2D eigenvalue weighted by molar-refractivity contribution is 6.31. The van der Waals surface area contributed by atoms with Gasteiger partial charge in [-0.1, -0.05) is 41.9 Å². The van der Waals surface area contributed by atoms with Gasteiger partial charge in [-0.3, -0.25) is 4.79 Å². The predicted octanol–water partition coefficient (Wildman–Crippen LogP) is 4.21. The number of nitrogens with one attached hydrogen (secondary N) is 1. The quantitative estimate of drug-likeness (QED) is 0.716. The summed E-state index contributed by atoms with van der Waals surface area (Å²) in [5.74, 6) is 0.475. The molecule has 3 rings (SSSR count). The first-order valence-electron chi connectivity index (χ1n) is 7.76. The Balaban J connectivity index is 1.75. The van der Waals surface area contributed by atoms with Gasteiger partial charge in [-0.25, -0.2) is 0 Å². The number of rotatable bonds is 6. The van der Waals surface area contributed by atoms with E-state index >= 15 is 0 Å². The molecule has 0 aliphatic heterocycles. The minimum absolute atomic E-state index is 0.216. The molecule has 0 aliphatic rings. The molecule has 1 unspecified atom stereocenters. The molecule has 25 heavy (non-hydrogen) atoms. The molecular formula is C19H18ClNO4. The molecule has 5 nitrogen and oxygen atoms in total. The Morgan fingerprint density at radius 3 is 2.72 bits per heavy atom. The molecule has 130 valence electrons. The highest BCUT2D eigenvalue weighted by Crippen LogP contribution is 2.29. The van der Waals surface area contributed by atoms with E-state index < -0.39 is 0 Å². The van der Waals surface area contributed by atoms with Gasteiger partial charge in [0.25, 0.3) is 5.91 Å². The van der Waals surface area contributed by atoms with Gasteiger partial charge in [-0.2, -0.15) is 0 Å². The second-order valence-electron chi connectivity index (χ2n) is 5.45. The Bertz CT molecular complexity index is 890. The number of amides is 1. The number of ether oxygens (including phenoxy) is 2. The van der Waals surface area contributed by atoms with Gasteiger partial charge in [0, 0.05) is 29.6 Å². The van der Waals surface area contributed by atoms with Gasteiger partial charge in [-0.05, 0) is 18.2 Å². The summed E-state index contributed by atoms with van der Waals surface area (Å²) in [5, 5.41) is 4.22. The lowest BCUT2D eigenvalue weighted by molar-refractivity contribution is 0.0809. The number of fused-ring (bicyclic) bond motifs is 1. The Morgan fingerprint density at radius 1 is 1.20 bits per heavy atom. The maximum atomic E-state index is 12.4. The van der Waals surface area contributed by atoms with Gasteiger partial charge < -0.3 is 19.2 Å². The fourth-order valence-corrected chi connectivity index (χ4v) is 2.90. The van der Waals surface area contributed by atoms with Crippen LogP contribution in [0.3, 0.4) is 0 Å². The Morgan fingerprint density at radius 2 is 2.00 bits per heavy atom. The average Bonchev–Trinajstić information content (AvgIpc) is 3.07. The number of hydrogen-bond acceptors (Lipinski definition) is 4. The largest absolute Gasteiger partial charge is 0.493 e. The lowest BCUT2D eigenvalue weighted by Crippen LogP contribution is -2.29. The Hall–Kier alpha value is -2.50. The number of benzene rings is 2. The van der Waals surface area contributed by atoms with Crippen LogP contribution in [0.4, 0.5) is 0 Å². The van der Waals surface area contributed by atoms with Crippen molar-refractivity contribution < 1.29 is 18.7 Å². The molecule has 1 heterocycles. The number of carbonyl (C=O) groups excluding carboxylic acids is 1. The summed E-state index contributed by atoms with van der Waals surface area (Å²) in [7, 11) is 3.13. The molecule has 0 aliphatic carbocycles. The predicted molar refractivity (Wildman–Crippen MR) is 96.3 cm³/mol. The van der Waals surface area contributed by atoms with E-state index in [0.717, 1.165) is 10.9 Å². The number of furan rings is 1. The van der Waals surface area contributed by atoms with Crippen molar-refractivity contribution in [2.45, 2.75) is 6.10 Å². The van der Waals surface area contributed by atoms with Gasteiger partial charge in [0.05, 0.1) is 7.11 Å². The second-order valence-corrected chi connectivity index (χ2v) is 5.85. The van der Waals surface area contributed by atoms with Crippen LogP contribution in [0.5, 0.6) is 5.75 Å². The number of para-hydroxylation sites is 1. The van der Waals surface area contributed by atoms with Crippen molar-refractivity contribution in [2.24, 2.45) is 0 Å². The van der Waals surface area contributed by atoms with Crippen molar-refractivity contribution in [3.05, 3.63) is 64.9 Å². The summed E-state index contributed by atoms with van der Waals surface area (Å²) < 4.78 is 16.3. The molecule has 0 bridgehead atoms. The second kappa shape index (κ2) is 7.59. The lowest BCUT2D eigenvalue weighted by atomic mass is 10.1. The van der Waals surface area contributed by atoms with Crippen molar-refractivity contribution in [1.29, 1.82) is 0 Å². The molecule has 1 aromatic heterocycles. The first kappa shape index (κ1) is 17.3. The molecule has 1 atom stereocenters. The van der Waals surface area contributed by atoms with Crippen LogP contribution in [-0.4, -0.2) is 26.7 Å². The highest BCUT2D eigenvalue weighted by atomic mass is 35.5. The smallest absolute Gasteiger partial charge is 0.287 e. The maximum Gasteiger partial charge on any atom is 0.287 e. The SMILES string of the molecule is COc1cccc2cc(C(=O)NCC(OC)c3ccccc3Cl)oc12. The summed E-state index contributed by atoms with van der Waals surface area (Å²) >= 11 is 6.19. The minimum atomic E-state index is -0.350. The molecule has 0 radical (unpaired) electrons. The van der Waals surface area contributed by atoms with Crippen LogP contribution in [0.25, 0.3) is 11.0 Å². The Kier molecular flexibility index (Phi) is 5.26. The van der Waals surface area contributed by atoms with Crippen molar-refractivity contribution in [1.82, 2.24) is 5.32 Å². The van der Waals surface area contributed by atoms with Crippen LogP contribution in [-0.2, 0) is 4.74 Å². The molecule has 1 amide bonds. The van der Waals surface area contributed by atoms with Gasteiger partial charge in [0.15, 0.2) is 17.1 Å². The third-order valence-electron chi connectivity index (χ3n) is 3.94. The zero-order valence-corrected chi connectivity index (χ0v) is 14.7. The van der Waals surface area contributed by atoms with Crippen LogP contribution in [0.15, 0.2) is 52.9 Å². The third kappa shape index (κ3) is 3.62. The summed E-state index contributed by atoms with van der Waals surface area (Å²) in [6.07, 6.45) is -0.350. The van der Waals surface area contributed by atoms with Crippen LogP contribution in [0.1, 0.15) is 22.2 Å². The van der Waals surface area contributed by atoms with Crippen LogP contribution >= 0.6 is 11.6 Å². The average molecular weight is 360 g/mol. The highest BCUT2D eigenvalue weighted by Gasteiger charge is 2.18. The first-order valence-corrected chi connectivity index (χ1v) is 8.13. The van der Waals surface area contributed by atoms with Gasteiger partial charge in [0.2, 0.25) is 0 Å². The fourth-order valence-electron chi connectivity index (χ4n) is 2.64. The number of carbonyl (C=O) groups is 1. The number of halogens is 1. The van der Waals surface area contributed by atoms with E-state index in [4.69, 9.17) is 25.5 Å². The zero-order chi connectivity index (χ0) is 17.8. The van der Waals surface area contributed by atoms with Crippen molar-refractivity contribution in [2.75, 3.05) is 20.8 Å². The molecule has 3 aromatic rings. The normalized spacial score (nSPS) is 12.1. The van der Waals surface area contributed by atoms with E-state index in [1.807, 2.05) is 30.3 Å². The molecule has 2 aromatic carbocycles. The first-order chi connectivity index (χ1) is 12.1. The molecule has 0 fully saturated rings. The summed E-state index contributed by atoms with van der Waals surface area (Å²) in [4.78, 5) is 12.4. The van der Waals surface area contributed by atoms with E-state index in [2.05, 4.69) is 5.32 Å². The number of methoxy groups -OCH3 is 2. The molecular weight excluding hydrogens is 342 g/mol. The van der Waals surface area contributed by atoms with Crippen molar-refractivity contribution in [3.8, 4) is 5.75 Å². The molecule has 0 saturated heterocycles. The lowest BCUT2D eigenvalue weighted by Gasteiger charge is -2.17. The van der Waals surface area contributed by atoms with Gasteiger partial charge in [-0.15, -0.1) is 0 Å². The fraction of sp³-hybridized carbons (Fsp3) is 0.211. The Labute approximate surface area is 150 Å². The minimum Gasteiger partial charge on any atom is -0.493 e. The molecule has 0 spiro atoms. The topological polar surface area (TPSA) is 60.7 Å². The van der Waals surface area contributed by atoms with Crippen LogP contribution in [0, 0.1) is 0 Å². The summed E-state index contributed by atoms with van der Waals surface area (Å²) in [6.45, 7) is 0.271. The van der Waals surface area contributed by atoms with Crippen molar-refractivity contribution in [3.63, 3.8) is 0 Å². The van der Waals surface area contributed by atoms with Gasteiger partial charge in [0.1, 0.15) is 6.10 Å². The van der Waals surface area contributed by atoms with E-state index in [9.17, 15) is 4.79 Å². The molecule has 0 saturated carbocycles. The zero-order valence-electron chi connectivity index (χ0n) is 13.9. The van der Waals surface area contributed by atoms with Crippen molar-refractivity contribution >= 4 is 28.5 Å². The number of hydrogen-bond donors (Lipinski definition) is 1. The third-order valence-corrected chi connectivity index (χ3v) is 4.28. The van der Waals surface area contributed by atoms with Crippen LogP contribution in [0.2, 0.25) is 5.02 Å². The summed E-state index contributed by atoms with van der Waals surface area (Å²) in [6, 6.07) is 14.6. The van der Waals surface area contributed by atoms with E-state index in [-0.39, 0.29) is 24.3 Å². The summed E-state index contributed by atoms with van der Waals surface area (Å²) in [5.41, 5.74) is 1.36. The molecule has 1 N–H and O–H groups in total.